The molecule has 0 spiro atoms. The maximum atomic E-state index is 13.6. The van der Waals surface area contributed by atoms with Crippen molar-refractivity contribution in [1.82, 2.24) is 25.0 Å². The minimum Gasteiger partial charge on any atom is -0.483 e. The second kappa shape index (κ2) is 15.6. The van der Waals surface area contributed by atoms with Gasteiger partial charge in [-0.05, 0) is 50.8 Å². The summed E-state index contributed by atoms with van der Waals surface area (Å²) in [6.07, 6.45) is 0.799. The first kappa shape index (κ1) is 34.1. The zero-order chi connectivity index (χ0) is 34.2. The van der Waals surface area contributed by atoms with E-state index in [1.54, 1.807) is 31.2 Å². The first-order chi connectivity index (χ1) is 23.1. The first-order valence-electron chi connectivity index (χ1n) is 16.3. The number of carboxylic acid groups (broad SMARTS) is 1. The van der Waals surface area contributed by atoms with Crippen LogP contribution in [0.3, 0.4) is 0 Å². The lowest BCUT2D eigenvalue weighted by molar-refractivity contribution is -0.138. The summed E-state index contributed by atoms with van der Waals surface area (Å²) in [7, 11) is 0. The molecule has 2 fully saturated rings. The molecule has 1 unspecified atom stereocenters. The van der Waals surface area contributed by atoms with E-state index in [0.29, 0.717) is 17.4 Å². The number of carbonyl (C=O) groups is 5. The number of piperazine rings is 1. The van der Waals surface area contributed by atoms with Crippen LogP contribution in [0.1, 0.15) is 60.3 Å². The lowest BCUT2D eigenvalue weighted by Crippen LogP contribution is -2.56. The van der Waals surface area contributed by atoms with Crippen LogP contribution in [0.4, 0.5) is 4.79 Å². The highest BCUT2D eigenvalue weighted by Gasteiger charge is 2.32. The summed E-state index contributed by atoms with van der Waals surface area (Å²) in [6, 6.07) is 15.4. The van der Waals surface area contributed by atoms with Crippen molar-refractivity contribution in [2.24, 2.45) is 0 Å². The molecular weight excluding hydrogens is 618 g/mol. The van der Waals surface area contributed by atoms with Crippen LogP contribution >= 0.6 is 0 Å². The number of carboxylic acids is 1. The molecule has 1 aromatic heterocycles. The zero-order valence-corrected chi connectivity index (χ0v) is 27.2. The number of benzene rings is 2. The standard InChI is InChI=1S/C35H41N5O8/c1-3-47-35(46)39-18-16-38(17-19-39)34(45)27(13-14-32(42)43)37-33(44)28-21-30(25-10-4-5-11-26(25)36-28)48-22-31(41)40-15-7-12-29(40)24-9-6-8-23(2)20-24/h4-6,8-11,20-21,27,29H,3,7,12-19,22H2,1-2H3,(H,37,44)(H,42,43)/t27?,29-/m0/s1. The van der Waals surface area contributed by atoms with E-state index in [2.05, 4.69) is 16.4 Å². The van der Waals surface area contributed by atoms with Gasteiger partial charge in [0, 0.05) is 50.6 Å². The number of aliphatic carboxylic acids is 1. The van der Waals surface area contributed by atoms with E-state index in [-0.39, 0.29) is 75.6 Å². The number of amides is 4. The van der Waals surface area contributed by atoms with Gasteiger partial charge in [-0.25, -0.2) is 9.78 Å². The van der Waals surface area contributed by atoms with E-state index in [4.69, 9.17) is 9.47 Å². The Morgan fingerprint density at radius 2 is 1.73 bits per heavy atom. The molecule has 2 saturated heterocycles. The highest BCUT2D eigenvalue weighted by molar-refractivity contribution is 5.99. The molecule has 2 aromatic carbocycles. The van der Waals surface area contributed by atoms with Crippen LogP contribution < -0.4 is 10.1 Å². The van der Waals surface area contributed by atoms with E-state index in [1.807, 2.05) is 30.0 Å². The van der Waals surface area contributed by atoms with Gasteiger partial charge in [0.25, 0.3) is 11.8 Å². The van der Waals surface area contributed by atoms with Crippen molar-refractivity contribution in [3.05, 3.63) is 71.4 Å². The van der Waals surface area contributed by atoms with Crippen LogP contribution in [-0.2, 0) is 19.1 Å². The van der Waals surface area contributed by atoms with Crippen molar-refractivity contribution in [1.29, 1.82) is 0 Å². The third-order valence-corrected chi connectivity index (χ3v) is 8.63. The van der Waals surface area contributed by atoms with E-state index >= 15 is 0 Å². The molecule has 48 heavy (non-hydrogen) atoms. The summed E-state index contributed by atoms with van der Waals surface area (Å²) in [6.45, 7) is 5.26. The fourth-order valence-corrected chi connectivity index (χ4v) is 6.19. The topological polar surface area (TPSA) is 159 Å². The summed E-state index contributed by atoms with van der Waals surface area (Å²) in [4.78, 5) is 73.3. The number of aryl methyl sites for hydroxylation is 1. The van der Waals surface area contributed by atoms with Crippen molar-refractivity contribution in [3.63, 3.8) is 0 Å². The van der Waals surface area contributed by atoms with Crippen molar-refractivity contribution in [3.8, 4) is 5.75 Å². The van der Waals surface area contributed by atoms with Crippen LogP contribution in [0.5, 0.6) is 5.75 Å². The average Bonchev–Trinajstić information content (AvgIpc) is 3.59. The molecule has 3 heterocycles. The molecule has 2 atom stereocenters. The van der Waals surface area contributed by atoms with Crippen molar-refractivity contribution in [2.75, 3.05) is 45.9 Å². The number of para-hydroxylation sites is 1. The van der Waals surface area contributed by atoms with Crippen molar-refractivity contribution < 1.29 is 38.6 Å². The lowest BCUT2D eigenvalue weighted by Gasteiger charge is -2.35. The molecule has 0 bridgehead atoms. The molecule has 2 N–H and O–H groups in total. The number of ether oxygens (including phenoxy) is 2. The summed E-state index contributed by atoms with van der Waals surface area (Å²) >= 11 is 0. The van der Waals surface area contributed by atoms with Crippen LogP contribution in [0.2, 0.25) is 0 Å². The van der Waals surface area contributed by atoms with Gasteiger partial charge in [-0.15, -0.1) is 0 Å². The third-order valence-electron chi connectivity index (χ3n) is 8.63. The molecule has 0 aliphatic carbocycles. The number of carbonyl (C=O) groups excluding carboxylic acids is 4. The smallest absolute Gasteiger partial charge is 0.409 e. The van der Waals surface area contributed by atoms with Gasteiger partial charge >= 0.3 is 12.1 Å². The highest BCUT2D eigenvalue weighted by atomic mass is 16.6. The molecular formula is C35H41N5O8. The number of nitrogens with zero attached hydrogens (tertiary/aromatic N) is 4. The number of likely N-dealkylation sites (tertiary alicyclic amines) is 1. The largest absolute Gasteiger partial charge is 0.483 e. The van der Waals surface area contributed by atoms with Crippen LogP contribution in [-0.4, -0.2) is 107 Å². The maximum absolute atomic E-state index is 13.6. The predicted molar refractivity (Wildman–Crippen MR) is 175 cm³/mol. The minimum absolute atomic E-state index is 0.0371. The van der Waals surface area contributed by atoms with E-state index < -0.39 is 29.9 Å². The Labute approximate surface area is 278 Å². The molecule has 4 amide bonds. The molecule has 13 heteroatoms. The molecule has 13 nitrogen and oxygen atoms in total. The number of rotatable bonds is 11. The molecule has 254 valence electrons. The van der Waals surface area contributed by atoms with Gasteiger partial charge in [0.05, 0.1) is 18.2 Å². The quantitative estimate of drug-likeness (QED) is 0.314. The molecule has 2 aliphatic rings. The Hall–Kier alpha value is -5.20. The lowest BCUT2D eigenvalue weighted by atomic mass is 10.0. The summed E-state index contributed by atoms with van der Waals surface area (Å²) in [5.41, 5.74) is 2.62. The van der Waals surface area contributed by atoms with Gasteiger partial charge < -0.3 is 34.6 Å². The molecule has 0 radical (unpaired) electrons. The average molecular weight is 660 g/mol. The van der Waals surface area contributed by atoms with Gasteiger partial charge in [-0.1, -0.05) is 42.0 Å². The van der Waals surface area contributed by atoms with E-state index in [0.717, 1.165) is 24.0 Å². The summed E-state index contributed by atoms with van der Waals surface area (Å²) in [5.74, 6) is -2.14. The Morgan fingerprint density at radius 1 is 0.979 bits per heavy atom. The van der Waals surface area contributed by atoms with Crippen LogP contribution in [0.15, 0.2) is 54.6 Å². The molecule has 3 aromatic rings. The van der Waals surface area contributed by atoms with Gasteiger partial charge in [0.15, 0.2) is 6.61 Å². The maximum Gasteiger partial charge on any atom is 0.409 e. The van der Waals surface area contributed by atoms with Gasteiger partial charge in [0.1, 0.15) is 17.5 Å². The minimum atomic E-state index is -1.14. The fourth-order valence-electron chi connectivity index (χ4n) is 6.19. The third kappa shape index (κ3) is 8.20. The summed E-state index contributed by atoms with van der Waals surface area (Å²) in [5, 5.41) is 12.6. The molecule has 5 rings (SSSR count). The Bertz CT molecular complexity index is 1670. The highest BCUT2D eigenvalue weighted by Crippen LogP contribution is 2.33. The van der Waals surface area contributed by atoms with Crippen molar-refractivity contribution in [2.45, 2.75) is 51.6 Å². The fraction of sp³-hybridized carbons (Fsp3) is 0.429. The number of aromatic nitrogens is 1. The van der Waals surface area contributed by atoms with Gasteiger partial charge in [-0.2, -0.15) is 0 Å². The Kier molecular flexibility index (Phi) is 11.1. The zero-order valence-electron chi connectivity index (χ0n) is 27.2. The SMILES string of the molecule is CCOC(=O)N1CCN(C(=O)C(CCC(=O)O)NC(=O)c2cc(OCC(=O)N3CCC[C@H]3c3cccc(C)c3)c3ccccc3n2)CC1. The van der Waals surface area contributed by atoms with Gasteiger partial charge in [0.2, 0.25) is 5.91 Å². The number of hydrogen-bond donors (Lipinski definition) is 2. The van der Waals surface area contributed by atoms with Crippen molar-refractivity contribution >= 4 is 40.7 Å². The number of nitrogens with one attached hydrogen (secondary N) is 1. The second-order valence-electron chi connectivity index (χ2n) is 11.9. The summed E-state index contributed by atoms with van der Waals surface area (Å²) < 4.78 is 11.1. The molecule has 2 aliphatic heterocycles. The normalized spacial score (nSPS) is 16.8. The number of pyridine rings is 1. The van der Waals surface area contributed by atoms with Crippen LogP contribution in [0.25, 0.3) is 10.9 Å². The predicted octanol–water partition coefficient (Wildman–Crippen LogP) is 3.55. The molecule has 0 saturated carbocycles. The number of fused-ring (bicyclic) bond motifs is 1. The monoisotopic (exact) mass is 659 g/mol. The number of hydrogen-bond acceptors (Lipinski definition) is 8. The second-order valence-corrected chi connectivity index (χ2v) is 11.9. The Balaban J connectivity index is 1.30. The Morgan fingerprint density at radius 3 is 2.46 bits per heavy atom. The van der Waals surface area contributed by atoms with E-state index in [1.165, 1.54) is 15.9 Å². The van der Waals surface area contributed by atoms with Crippen LogP contribution in [0, 0.1) is 6.92 Å². The van der Waals surface area contributed by atoms with E-state index in [9.17, 15) is 29.1 Å². The van der Waals surface area contributed by atoms with Gasteiger partial charge in [-0.3, -0.25) is 19.2 Å². The first-order valence-corrected chi connectivity index (χ1v) is 16.3.